The van der Waals surface area contributed by atoms with Gasteiger partial charge in [-0.3, -0.25) is 4.79 Å². The van der Waals surface area contributed by atoms with Crippen LogP contribution in [-0.4, -0.2) is 48.6 Å². The fraction of sp³-hybridized carbons (Fsp3) is 0.333. The van der Waals surface area contributed by atoms with Gasteiger partial charge in [-0.1, -0.05) is 6.42 Å². The molecule has 1 aliphatic rings. The Morgan fingerprint density at radius 2 is 1.84 bits per heavy atom. The van der Waals surface area contributed by atoms with Crippen molar-refractivity contribution in [3.63, 3.8) is 0 Å². The lowest BCUT2D eigenvalue weighted by atomic mass is 10.2. The van der Waals surface area contributed by atoms with Crippen LogP contribution < -0.4 is 10.1 Å². The summed E-state index contributed by atoms with van der Waals surface area (Å²) in [6.07, 6.45) is 4.47. The maximum absolute atomic E-state index is 12.7. The third kappa shape index (κ3) is 4.64. The van der Waals surface area contributed by atoms with Gasteiger partial charge in [-0.25, -0.2) is 13.1 Å². The molecule has 0 atom stereocenters. The van der Waals surface area contributed by atoms with Crippen LogP contribution >= 0.6 is 0 Å². The molecular weight excluding hydrogens is 420 g/mol. The Morgan fingerprint density at radius 3 is 2.55 bits per heavy atom. The van der Waals surface area contributed by atoms with Crippen molar-refractivity contribution in [3.05, 3.63) is 60.1 Å². The van der Waals surface area contributed by atoms with Gasteiger partial charge in [0.05, 0.1) is 25.0 Å². The second kappa shape index (κ2) is 8.94. The highest BCUT2D eigenvalue weighted by atomic mass is 32.2. The van der Waals surface area contributed by atoms with Crippen LogP contribution in [0.3, 0.4) is 0 Å². The lowest BCUT2D eigenvalue weighted by molar-refractivity contribution is 0.0917. The third-order valence-corrected chi connectivity index (χ3v) is 6.90. The monoisotopic (exact) mass is 444 g/mol. The van der Waals surface area contributed by atoms with Crippen molar-refractivity contribution < 1.29 is 22.4 Å². The van der Waals surface area contributed by atoms with Crippen LogP contribution in [0.4, 0.5) is 0 Å². The number of aromatic nitrogens is 2. The third-order valence-electron chi connectivity index (χ3n) is 5.13. The van der Waals surface area contributed by atoms with Crippen LogP contribution in [0.1, 0.15) is 35.5 Å². The number of hydrogen-bond donors (Lipinski definition) is 1. The fourth-order valence-corrected chi connectivity index (χ4v) is 4.83. The Morgan fingerprint density at radius 1 is 1.10 bits per heavy atom. The maximum Gasteiger partial charge on any atom is 0.287 e. The minimum absolute atomic E-state index is 0.0508. The second-order valence-electron chi connectivity index (χ2n) is 7.22. The highest BCUT2D eigenvalue weighted by Crippen LogP contribution is 2.22. The number of furan rings is 1. The van der Waals surface area contributed by atoms with E-state index in [1.165, 1.54) is 16.4 Å². The van der Waals surface area contributed by atoms with E-state index in [-0.39, 0.29) is 17.4 Å². The van der Waals surface area contributed by atoms with Gasteiger partial charge in [0.15, 0.2) is 5.76 Å². The molecule has 1 amide bonds. The van der Waals surface area contributed by atoms with Crippen molar-refractivity contribution in [1.82, 2.24) is 19.4 Å². The van der Waals surface area contributed by atoms with Crippen molar-refractivity contribution in [2.45, 2.75) is 30.9 Å². The summed E-state index contributed by atoms with van der Waals surface area (Å²) in [5.74, 6) is 0.202. The standard InChI is InChI=1S/C21H24N4O5S/c1-29-18-7-5-17(6-8-18)25-14-11-16(23-25)15-22-21(26)19-9-10-20(30-19)31(27,28)24-12-3-2-4-13-24/h5-11,14H,2-4,12-13,15H2,1H3,(H,22,26). The summed E-state index contributed by atoms with van der Waals surface area (Å²) >= 11 is 0. The van der Waals surface area contributed by atoms with Gasteiger partial charge in [-0.15, -0.1) is 0 Å². The smallest absolute Gasteiger partial charge is 0.287 e. The average Bonchev–Trinajstić information content (AvgIpc) is 3.49. The molecule has 0 saturated carbocycles. The summed E-state index contributed by atoms with van der Waals surface area (Å²) in [5.41, 5.74) is 1.51. The SMILES string of the molecule is COc1ccc(-n2ccc(CNC(=O)c3ccc(S(=O)(=O)N4CCCCC4)o3)n2)cc1. The highest BCUT2D eigenvalue weighted by molar-refractivity contribution is 7.89. The second-order valence-corrected chi connectivity index (χ2v) is 9.08. The molecule has 3 heterocycles. The van der Waals surface area contributed by atoms with Gasteiger partial charge in [-0.05, 0) is 55.3 Å². The molecule has 1 fully saturated rings. The van der Waals surface area contributed by atoms with E-state index < -0.39 is 15.9 Å². The Kier molecular flexibility index (Phi) is 6.10. The number of amides is 1. The molecule has 0 aliphatic carbocycles. The summed E-state index contributed by atoms with van der Waals surface area (Å²) in [6.45, 7) is 1.12. The largest absolute Gasteiger partial charge is 0.497 e. The molecule has 0 bridgehead atoms. The molecule has 31 heavy (non-hydrogen) atoms. The number of rotatable bonds is 7. The average molecular weight is 445 g/mol. The first-order chi connectivity index (χ1) is 15.0. The quantitative estimate of drug-likeness (QED) is 0.600. The van der Waals surface area contributed by atoms with Crippen molar-refractivity contribution in [2.24, 2.45) is 0 Å². The predicted molar refractivity (Wildman–Crippen MR) is 113 cm³/mol. The van der Waals surface area contributed by atoms with Crippen LogP contribution in [0.2, 0.25) is 0 Å². The Balaban J connectivity index is 1.38. The normalized spacial score (nSPS) is 15.0. The lowest BCUT2D eigenvalue weighted by Gasteiger charge is -2.24. The number of ether oxygens (including phenoxy) is 1. The summed E-state index contributed by atoms with van der Waals surface area (Å²) < 4.78 is 38.9. The van der Waals surface area contributed by atoms with Gasteiger partial charge in [-0.2, -0.15) is 9.40 Å². The first-order valence-corrected chi connectivity index (χ1v) is 11.5. The summed E-state index contributed by atoms with van der Waals surface area (Å²) in [6, 6.07) is 11.9. The zero-order chi connectivity index (χ0) is 21.8. The zero-order valence-corrected chi connectivity index (χ0v) is 18.0. The Bertz CT molecular complexity index is 1140. The van der Waals surface area contributed by atoms with Crippen LogP contribution in [0.15, 0.2) is 58.2 Å². The van der Waals surface area contributed by atoms with E-state index >= 15 is 0 Å². The highest BCUT2D eigenvalue weighted by Gasteiger charge is 2.29. The van der Waals surface area contributed by atoms with Gasteiger partial charge in [0.25, 0.3) is 15.9 Å². The molecule has 1 N–H and O–H groups in total. The van der Waals surface area contributed by atoms with Crippen LogP contribution in [0.5, 0.6) is 5.75 Å². The first-order valence-electron chi connectivity index (χ1n) is 10.0. The van der Waals surface area contributed by atoms with Crippen molar-refractivity contribution in [3.8, 4) is 11.4 Å². The molecule has 0 spiro atoms. The van der Waals surface area contributed by atoms with Gasteiger partial charge >= 0.3 is 0 Å². The topological polar surface area (TPSA) is 107 Å². The first kappa shape index (κ1) is 21.1. The number of hydrogen-bond acceptors (Lipinski definition) is 6. The van der Waals surface area contributed by atoms with E-state index in [0.717, 1.165) is 30.7 Å². The molecule has 164 valence electrons. The zero-order valence-electron chi connectivity index (χ0n) is 17.2. The van der Waals surface area contributed by atoms with Crippen molar-refractivity contribution >= 4 is 15.9 Å². The number of nitrogens with zero attached hydrogens (tertiary/aromatic N) is 3. The molecule has 2 aromatic heterocycles. The fourth-order valence-electron chi connectivity index (χ4n) is 3.41. The van der Waals surface area contributed by atoms with Crippen LogP contribution in [-0.2, 0) is 16.6 Å². The predicted octanol–water partition coefficient (Wildman–Crippen LogP) is 2.58. The molecule has 10 heteroatoms. The number of piperidine rings is 1. The number of sulfonamides is 1. The maximum atomic E-state index is 12.7. The number of carbonyl (C=O) groups excluding carboxylic acids is 1. The van der Waals surface area contributed by atoms with E-state index in [1.807, 2.05) is 24.3 Å². The number of carbonyl (C=O) groups is 1. The number of methoxy groups -OCH3 is 1. The molecule has 3 aromatic rings. The summed E-state index contributed by atoms with van der Waals surface area (Å²) in [7, 11) is -2.11. The van der Waals surface area contributed by atoms with Gasteiger partial charge in [0, 0.05) is 19.3 Å². The van der Waals surface area contributed by atoms with Crippen molar-refractivity contribution in [2.75, 3.05) is 20.2 Å². The molecule has 9 nitrogen and oxygen atoms in total. The lowest BCUT2D eigenvalue weighted by Crippen LogP contribution is -2.35. The molecule has 1 aromatic carbocycles. The number of nitrogens with one attached hydrogen (secondary N) is 1. The molecule has 1 aliphatic heterocycles. The van der Waals surface area contributed by atoms with E-state index in [2.05, 4.69) is 10.4 Å². The van der Waals surface area contributed by atoms with E-state index in [9.17, 15) is 13.2 Å². The van der Waals surface area contributed by atoms with Gasteiger partial charge < -0.3 is 14.5 Å². The van der Waals surface area contributed by atoms with Crippen LogP contribution in [0.25, 0.3) is 5.69 Å². The number of benzene rings is 1. The van der Waals surface area contributed by atoms with E-state index in [0.29, 0.717) is 18.8 Å². The molecule has 0 unspecified atom stereocenters. The minimum atomic E-state index is -3.71. The van der Waals surface area contributed by atoms with Gasteiger partial charge in [0.2, 0.25) is 5.09 Å². The van der Waals surface area contributed by atoms with E-state index in [4.69, 9.17) is 9.15 Å². The Labute approximate surface area is 180 Å². The Hall–Kier alpha value is -3.11. The molecular formula is C21H24N4O5S. The molecule has 1 saturated heterocycles. The summed E-state index contributed by atoms with van der Waals surface area (Å²) in [4.78, 5) is 12.4. The van der Waals surface area contributed by atoms with Crippen LogP contribution in [0, 0.1) is 0 Å². The molecule has 4 rings (SSSR count). The molecule has 0 radical (unpaired) electrons. The summed E-state index contributed by atoms with van der Waals surface area (Å²) in [5, 5.41) is 6.94. The minimum Gasteiger partial charge on any atom is -0.497 e. The van der Waals surface area contributed by atoms with Crippen molar-refractivity contribution in [1.29, 1.82) is 0 Å². The van der Waals surface area contributed by atoms with E-state index in [1.54, 1.807) is 24.1 Å². The van der Waals surface area contributed by atoms with Gasteiger partial charge in [0.1, 0.15) is 5.75 Å².